The average molecular weight is 313 g/mol. The molecule has 118 valence electrons. The normalized spacial score (nSPS) is 13.5. The fourth-order valence-corrected chi connectivity index (χ4v) is 2.83. The Hall–Kier alpha value is -2.69. The van der Waals surface area contributed by atoms with Crippen molar-refractivity contribution in [3.05, 3.63) is 70.3 Å². The third-order valence-electron chi connectivity index (χ3n) is 4.08. The monoisotopic (exact) mass is 313 g/mol. The van der Waals surface area contributed by atoms with E-state index >= 15 is 0 Å². The number of carboxylic acid groups (broad SMARTS) is 1. The number of fused-ring (bicyclic) bond motifs is 1. The molecule has 0 aliphatic carbocycles. The highest BCUT2D eigenvalue weighted by Gasteiger charge is 2.22. The highest BCUT2D eigenvalue weighted by Crippen LogP contribution is 2.22. The molecule has 3 rings (SSSR count). The smallest absolute Gasteiger partial charge is 0.335 e. The molecule has 0 radical (unpaired) electrons. The van der Waals surface area contributed by atoms with Gasteiger partial charge in [-0.25, -0.2) is 9.18 Å². The fourth-order valence-electron chi connectivity index (χ4n) is 2.83. The summed E-state index contributed by atoms with van der Waals surface area (Å²) in [6.45, 7) is 0.366. The molecule has 5 heteroatoms. The minimum Gasteiger partial charge on any atom is -0.478 e. The Morgan fingerprint density at radius 2 is 1.91 bits per heavy atom. The number of hydrogen-bond donors (Lipinski definition) is 1. The lowest BCUT2D eigenvalue weighted by Crippen LogP contribution is -2.36. The Morgan fingerprint density at radius 1 is 1.09 bits per heavy atom. The van der Waals surface area contributed by atoms with Crippen molar-refractivity contribution in [3.63, 3.8) is 0 Å². The van der Waals surface area contributed by atoms with E-state index in [1.807, 2.05) is 0 Å². The predicted octanol–water partition coefficient (Wildman–Crippen LogP) is 3.05. The number of amides is 1. The summed E-state index contributed by atoms with van der Waals surface area (Å²) < 4.78 is 12.7. The molecule has 1 aliphatic rings. The largest absolute Gasteiger partial charge is 0.478 e. The number of halogens is 1. The lowest BCUT2D eigenvalue weighted by molar-refractivity contribution is 0.0692. The summed E-state index contributed by atoms with van der Waals surface area (Å²) in [5.74, 6) is -1.08. The molecule has 1 N–H and O–H groups in total. The van der Waals surface area contributed by atoms with Gasteiger partial charge in [-0.15, -0.1) is 0 Å². The molecule has 1 heterocycles. The van der Waals surface area contributed by atoms with Gasteiger partial charge in [0, 0.05) is 18.7 Å². The minimum atomic E-state index is -0.950. The van der Waals surface area contributed by atoms with Crippen molar-refractivity contribution in [1.82, 2.24) is 4.90 Å². The van der Waals surface area contributed by atoms with Crippen molar-refractivity contribution in [2.75, 3.05) is 6.54 Å². The zero-order valence-corrected chi connectivity index (χ0v) is 12.5. The molecule has 0 saturated carbocycles. The number of carbonyl (C=O) groups excluding carboxylic acids is 1. The van der Waals surface area contributed by atoms with Gasteiger partial charge in [0.05, 0.1) is 5.56 Å². The first kappa shape index (κ1) is 15.2. The summed E-state index contributed by atoms with van der Waals surface area (Å²) in [6, 6.07) is 11.6. The topological polar surface area (TPSA) is 57.6 Å². The van der Waals surface area contributed by atoms with E-state index in [0.29, 0.717) is 30.6 Å². The number of hydrogen-bond acceptors (Lipinski definition) is 2. The molecule has 0 spiro atoms. The number of alkyl halides is 1. The van der Waals surface area contributed by atoms with Crippen molar-refractivity contribution < 1.29 is 19.1 Å². The molecule has 4 nitrogen and oxygen atoms in total. The van der Waals surface area contributed by atoms with E-state index in [2.05, 4.69) is 0 Å². The Morgan fingerprint density at radius 3 is 2.65 bits per heavy atom. The van der Waals surface area contributed by atoms with Crippen molar-refractivity contribution in [1.29, 1.82) is 0 Å². The van der Waals surface area contributed by atoms with E-state index in [-0.39, 0.29) is 11.5 Å². The van der Waals surface area contributed by atoms with Gasteiger partial charge in [-0.05, 0) is 47.4 Å². The highest BCUT2D eigenvalue weighted by molar-refractivity contribution is 5.94. The summed E-state index contributed by atoms with van der Waals surface area (Å²) in [5, 5.41) is 9.03. The first-order chi connectivity index (χ1) is 11.1. The lowest BCUT2D eigenvalue weighted by Gasteiger charge is -2.29. The third kappa shape index (κ3) is 3.08. The van der Waals surface area contributed by atoms with E-state index in [1.54, 1.807) is 47.4 Å². The molecule has 0 atom stereocenters. The first-order valence-electron chi connectivity index (χ1n) is 7.38. The van der Waals surface area contributed by atoms with Crippen LogP contribution in [0.4, 0.5) is 4.39 Å². The number of carbonyl (C=O) groups is 2. The van der Waals surface area contributed by atoms with Crippen LogP contribution in [-0.4, -0.2) is 28.4 Å². The standard InChI is InChI=1S/C18H16FNO3/c19-10-12-2-1-3-14(8-12)17(21)20-7-6-13-9-15(18(22)23)4-5-16(13)11-20/h1-5,8-9H,6-7,10-11H2,(H,22,23). The van der Waals surface area contributed by atoms with Gasteiger partial charge in [0.25, 0.3) is 5.91 Å². The highest BCUT2D eigenvalue weighted by atomic mass is 19.1. The van der Waals surface area contributed by atoms with Crippen LogP contribution >= 0.6 is 0 Å². The second-order valence-corrected chi connectivity index (χ2v) is 5.60. The van der Waals surface area contributed by atoms with Crippen LogP contribution in [0.1, 0.15) is 37.4 Å². The quantitative estimate of drug-likeness (QED) is 0.947. The van der Waals surface area contributed by atoms with Gasteiger partial charge in [-0.1, -0.05) is 18.2 Å². The molecule has 23 heavy (non-hydrogen) atoms. The maximum absolute atomic E-state index is 12.7. The molecular weight excluding hydrogens is 297 g/mol. The van der Waals surface area contributed by atoms with E-state index in [9.17, 15) is 14.0 Å². The molecule has 0 unspecified atom stereocenters. The molecule has 0 saturated heterocycles. The summed E-state index contributed by atoms with van der Waals surface area (Å²) in [6.07, 6.45) is 0.616. The van der Waals surface area contributed by atoms with Gasteiger partial charge in [-0.2, -0.15) is 0 Å². The van der Waals surface area contributed by atoms with E-state index in [0.717, 1.165) is 11.1 Å². The van der Waals surface area contributed by atoms with Gasteiger partial charge in [0.2, 0.25) is 0 Å². The Bertz CT molecular complexity index is 773. The summed E-state index contributed by atoms with van der Waals surface area (Å²) in [4.78, 5) is 25.3. The summed E-state index contributed by atoms with van der Waals surface area (Å²) >= 11 is 0. The predicted molar refractivity (Wildman–Crippen MR) is 83.1 cm³/mol. The molecule has 2 aromatic rings. The zero-order valence-electron chi connectivity index (χ0n) is 12.5. The summed E-state index contributed by atoms with van der Waals surface area (Å²) in [7, 11) is 0. The molecule has 0 fully saturated rings. The van der Waals surface area contributed by atoms with Gasteiger partial charge < -0.3 is 10.0 Å². The van der Waals surface area contributed by atoms with Crippen LogP contribution in [0, 0.1) is 0 Å². The molecule has 0 bridgehead atoms. The second kappa shape index (κ2) is 6.20. The maximum atomic E-state index is 12.7. The van der Waals surface area contributed by atoms with Gasteiger partial charge in [0.15, 0.2) is 0 Å². The van der Waals surface area contributed by atoms with Crippen LogP contribution in [0.3, 0.4) is 0 Å². The van der Waals surface area contributed by atoms with E-state index in [4.69, 9.17) is 5.11 Å². The number of nitrogens with zero attached hydrogens (tertiary/aromatic N) is 1. The van der Waals surface area contributed by atoms with Gasteiger partial charge in [-0.3, -0.25) is 4.79 Å². The molecule has 1 aliphatic heterocycles. The molecule has 0 aromatic heterocycles. The van der Waals surface area contributed by atoms with E-state index in [1.165, 1.54) is 0 Å². The average Bonchev–Trinajstić information content (AvgIpc) is 2.60. The lowest BCUT2D eigenvalue weighted by atomic mass is 9.96. The number of carboxylic acids is 1. The van der Waals surface area contributed by atoms with Crippen molar-refractivity contribution in [3.8, 4) is 0 Å². The van der Waals surface area contributed by atoms with Gasteiger partial charge in [0.1, 0.15) is 6.67 Å². The fraction of sp³-hybridized carbons (Fsp3) is 0.222. The Kier molecular flexibility index (Phi) is 4.10. The van der Waals surface area contributed by atoms with Crippen LogP contribution in [0.5, 0.6) is 0 Å². The SMILES string of the molecule is O=C(O)c1ccc2c(c1)CCN(C(=O)c1cccc(CF)c1)C2. The second-order valence-electron chi connectivity index (χ2n) is 5.60. The first-order valence-corrected chi connectivity index (χ1v) is 7.38. The third-order valence-corrected chi connectivity index (χ3v) is 4.08. The molecular formula is C18H16FNO3. The number of aromatic carboxylic acids is 1. The number of rotatable bonds is 3. The minimum absolute atomic E-state index is 0.131. The van der Waals surface area contributed by atoms with E-state index < -0.39 is 12.6 Å². The zero-order chi connectivity index (χ0) is 16.4. The molecule has 1 amide bonds. The van der Waals surface area contributed by atoms with Crippen LogP contribution in [-0.2, 0) is 19.6 Å². The van der Waals surface area contributed by atoms with Crippen molar-refractivity contribution in [2.45, 2.75) is 19.6 Å². The van der Waals surface area contributed by atoms with Gasteiger partial charge >= 0.3 is 5.97 Å². The van der Waals surface area contributed by atoms with Crippen LogP contribution in [0.15, 0.2) is 42.5 Å². The Labute approximate surface area is 133 Å². The van der Waals surface area contributed by atoms with Crippen molar-refractivity contribution in [2.24, 2.45) is 0 Å². The van der Waals surface area contributed by atoms with Crippen molar-refractivity contribution >= 4 is 11.9 Å². The summed E-state index contributed by atoms with van der Waals surface area (Å²) in [5.41, 5.74) is 3.15. The number of benzene rings is 2. The maximum Gasteiger partial charge on any atom is 0.335 e. The molecule has 2 aromatic carbocycles. The van der Waals surface area contributed by atoms with Crippen LogP contribution in [0.25, 0.3) is 0 Å². The van der Waals surface area contributed by atoms with Crippen LogP contribution < -0.4 is 0 Å². The van der Waals surface area contributed by atoms with Crippen LogP contribution in [0.2, 0.25) is 0 Å². The Balaban J connectivity index is 1.81.